The topological polar surface area (TPSA) is 30.0 Å². The predicted octanol–water partition coefficient (Wildman–Crippen LogP) is 5.60. The van der Waals surface area contributed by atoms with E-state index in [2.05, 4.69) is 59.9 Å². The number of anilines is 1. The van der Waals surface area contributed by atoms with E-state index in [0.29, 0.717) is 28.6 Å². The monoisotopic (exact) mass is 510 g/mol. The summed E-state index contributed by atoms with van der Waals surface area (Å²) in [6.45, 7) is 11.5. The van der Waals surface area contributed by atoms with Gasteiger partial charge in [0.05, 0.1) is 0 Å². The van der Waals surface area contributed by atoms with Crippen molar-refractivity contribution < 1.29 is 4.79 Å². The highest BCUT2D eigenvalue weighted by molar-refractivity contribution is 6.30. The van der Waals surface area contributed by atoms with Crippen molar-refractivity contribution in [3.8, 4) is 0 Å². The number of rotatable bonds is 8. The molecule has 1 amide bonds. The molecule has 0 spiro atoms. The maximum absolute atomic E-state index is 12.9. The van der Waals surface area contributed by atoms with Crippen LogP contribution in [0, 0.1) is 0 Å². The summed E-state index contributed by atoms with van der Waals surface area (Å²) < 4.78 is 0. The first-order valence-electron chi connectivity index (χ1n) is 13.6. The Morgan fingerprint density at radius 2 is 1.53 bits per heavy atom. The number of nitrogens with zero attached hydrogens (tertiary/aromatic N) is 4. The maximum Gasteiger partial charge on any atom is 0.253 e. The minimum Gasteiger partial charge on any atom is -0.373 e. The summed E-state index contributed by atoms with van der Waals surface area (Å²) >= 11 is 5.98. The van der Waals surface area contributed by atoms with Gasteiger partial charge in [0.1, 0.15) is 0 Å². The Bertz CT molecular complexity index is 961. The lowest BCUT2D eigenvalue weighted by atomic mass is 9.81. The third kappa shape index (κ3) is 6.81. The van der Waals surface area contributed by atoms with Gasteiger partial charge in [-0.2, -0.15) is 0 Å². The smallest absolute Gasteiger partial charge is 0.253 e. The zero-order valence-electron chi connectivity index (χ0n) is 22.5. The molecule has 2 aromatic carbocycles. The van der Waals surface area contributed by atoms with Crippen LogP contribution in [0.15, 0.2) is 48.5 Å². The summed E-state index contributed by atoms with van der Waals surface area (Å²) in [5.41, 5.74) is 3.44. The predicted molar refractivity (Wildman–Crippen MR) is 151 cm³/mol. The van der Waals surface area contributed by atoms with Crippen LogP contribution < -0.4 is 4.90 Å². The van der Waals surface area contributed by atoms with Crippen molar-refractivity contribution in [3.63, 3.8) is 0 Å². The molecular formula is C30H43ClN4O. The van der Waals surface area contributed by atoms with Gasteiger partial charge >= 0.3 is 0 Å². The number of likely N-dealkylation sites (N-methyl/N-ethyl adjacent to an activating group) is 1. The zero-order valence-corrected chi connectivity index (χ0v) is 23.3. The van der Waals surface area contributed by atoms with Crippen LogP contribution in [-0.2, 0) is 0 Å². The number of hydrogen-bond donors (Lipinski definition) is 0. The molecule has 2 fully saturated rings. The number of benzene rings is 2. The van der Waals surface area contributed by atoms with Gasteiger partial charge in [-0.3, -0.25) is 14.6 Å². The molecule has 2 aliphatic rings. The van der Waals surface area contributed by atoms with Crippen molar-refractivity contribution in [2.45, 2.75) is 57.5 Å². The number of carbonyl (C=O) groups is 1. The molecule has 0 N–H and O–H groups in total. The highest BCUT2D eigenvalue weighted by atomic mass is 35.5. The fourth-order valence-electron chi connectivity index (χ4n) is 5.68. The van der Waals surface area contributed by atoms with E-state index in [1.165, 1.54) is 37.4 Å². The maximum atomic E-state index is 12.9. The summed E-state index contributed by atoms with van der Waals surface area (Å²) in [7, 11) is 4.15. The highest BCUT2D eigenvalue weighted by Crippen LogP contribution is 2.35. The largest absolute Gasteiger partial charge is 0.373 e. The second-order valence-electron chi connectivity index (χ2n) is 10.9. The molecule has 196 valence electrons. The quantitative estimate of drug-likeness (QED) is 0.462. The van der Waals surface area contributed by atoms with Crippen LogP contribution in [-0.4, -0.2) is 86.1 Å². The van der Waals surface area contributed by atoms with Gasteiger partial charge in [0.15, 0.2) is 0 Å². The van der Waals surface area contributed by atoms with Crippen molar-refractivity contribution >= 4 is 23.2 Å². The Morgan fingerprint density at radius 3 is 2.11 bits per heavy atom. The third-order valence-electron chi connectivity index (χ3n) is 8.35. The van der Waals surface area contributed by atoms with Gasteiger partial charge in [0.25, 0.3) is 5.91 Å². The van der Waals surface area contributed by atoms with Gasteiger partial charge < -0.3 is 9.80 Å². The van der Waals surface area contributed by atoms with Crippen molar-refractivity contribution in [2.75, 3.05) is 58.3 Å². The lowest BCUT2D eigenvalue weighted by molar-refractivity contribution is 0.0689. The molecule has 6 heteroatoms. The number of carbonyl (C=O) groups excluding carboxylic acids is 1. The molecule has 5 nitrogen and oxygen atoms in total. The first-order valence-corrected chi connectivity index (χ1v) is 14.0. The highest BCUT2D eigenvalue weighted by Gasteiger charge is 2.28. The first-order chi connectivity index (χ1) is 17.3. The van der Waals surface area contributed by atoms with Gasteiger partial charge in [-0.15, -0.1) is 0 Å². The molecule has 1 saturated heterocycles. The Morgan fingerprint density at radius 1 is 0.917 bits per heavy atom. The van der Waals surface area contributed by atoms with E-state index in [9.17, 15) is 4.79 Å². The van der Waals surface area contributed by atoms with Gasteiger partial charge in [-0.05, 0) is 87.4 Å². The van der Waals surface area contributed by atoms with E-state index in [0.717, 1.165) is 38.8 Å². The van der Waals surface area contributed by atoms with Crippen LogP contribution in [0.2, 0.25) is 5.02 Å². The number of hydrogen-bond acceptors (Lipinski definition) is 4. The average Bonchev–Trinajstić information content (AvgIpc) is 2.91. The van der Waals surface area contributed by atoms with E-state index < -0.39 is 0 Å². The Hall–Kier alpha value is -2.08. The number of halogens is 1. The van der Waals surface area contributed by atoms with E-state index in [-0.39, 0.29) is 5.91 Å². The zero-order chi connectivity index (χ0) is 25.7. The summed E-state index contributed by atoms with van der Waals surface area (Å²) in [6.07, 6.45) is 4.35. The molecule has 1 saturated carbocycles. The molecule has 1 aliphatic carbocycles. The summed E-state index contributed by atoms with van der Waals surface area (Å²) in [4.78, 5) is 22.4. The van der Waals surface area contributed by atoms with Crippen LogP contribution in [0.1, 0.15) is 61.4 Å². The standard InChI is InChI=1S/C30H43ClN4O/c1-23(2)35-21-19-34(20-22-35)18-17-32(3)28-13-7-24(8-14-28)25-9-15-29(16-10-25)33(4)30(36)26-5-11-27(31)12-6-26/h5-8,11-14,23,25,29H,9-10,15-22H2,1-4H3. The normalized spacial score (nSPS) is 21.5. The molecule has 0 radical (unpaired) electrons. The van der Waals surface area contributed by atoms with E-state index in [1.54, 1.807) is 12.1 Å². The second kappa shape index (κ2) is 12.4. The van der Waals surface area contributed by atoms with Gasteiger partial charge in [0, 0.05) is 81.7 Å². The fourth-order valence-corrected chi connectivity index (χ4v) is 5.81. The first kappa shape index (κ1) is 27.0. The minimum atomic E-state index is 0.0873. The molecule has 36 heavy (non-hydrogen) atoms. The summed E-state index contributed by atoms with van der Waals surface area (Å²) in [5.74, 6) is 0.668. The van der Waals surface area contributed by atoms with Crippen molar-refractivity contribution in [2.24, 2.45) is 0 Å². The molecule has 0 unspecified atom stereocenters. The summed E-state index contributed by atoms with van der Waals surface area (Å²) in [5, 5.41) is 0.659. The Labute approximate surface area is 223 Å². The fraction of sp³-hybridized carbons (Fsp3) is 0.567. The second-order valence-corrected chi connectivity index (χ2v) is 11.3. The lowest BCUT2D eigenvalue weighted by Crippen LogP contribution is -2.50. The molecule has 1 aliphatic heterocycles. The number of piperazine rings is 1. The number of amides is 1. The lowest BCUT2D eigenvalue weighted by Gasteiger charge is -2.37. The van der Waals surface area contributed by atoms with Crippen LogP contribution in [0.4, 0.5) is 5.69 Å². The van der Waals surface area contributed by atoms with Gasteiger partial charge in [-0.1, -0.05) is 23.7 Å². The van der Waals surface area contributed by atoms with Crippen molar-refractivity contribution in [1.82, 2.24) is 14.7 Å². The average molecular weight is 511 g/mol. The van der Waals surface area contributed by atoms with Crippen LogP contribution in [0.25, 0.3) is 0 Å². The molecule has 1 heterocycles. The summed E-state index contributed by atoms with van der Waals surface area (Å²) in [6, 6.07) is 17.4. The van der Waals surface area contributed by atoms with E-state index in [1.807, 2.05) is 24.1 Å². The Kier molecular flexibility index (Phi) is 9.32. The molecule has 4 rings (SSSR count). The van der Waals surface area contributed by atoms with Gasteiger partial charge in [-0.25, -0.2) is 0 Å². The van der Waals surface area contributed by atoms with E-state index >= 15 is 0 Å². The van der Waals surface area contributed by atoms with Crippen molar-refractivity contribution in [3.05, 3.63) is 64.7 Å². The SMILES string of the molecule is CC(C)N1CCN(CCN(C)c2ccc(C3CCC(N(C)C(=O)c4ccc(Cl)cc4)CC3)cc2)CC1. The van der Waals surface area contributed by atoms with E-state index in [4.69, 9.17) is 11.6 Å². The third-order valence-corrected chi connectivity index (χ3v) is 8.60. The molecule has 0 atom stereocenters. The van der Waals surface area contributed by atoms with Crippen LogP contribution in [0.3, 0.4) is 0 Å². The molecular weight excluding hydrogens is 468 g/mol. The molecule has 0 bridgehead atoms. The molecule has 0 aromatic heterocycles. The minimum absolute atomic E-state index is 0.0873. The van der Waals surface area contributed by atoms with Gasteiger partial charge in [0.2, 0.25) is 0 Å². The molecule has 2 aromatic rings. The van der Waals surface area contributed by atoms with Crippen molar-refractivity contribution in [1.29, 1.82) is 0 Å². The Balaban J connectivity index is 1.22. The van der Waals surface area contributed by atoms with Crippen LogP contribution >= 0.6 is 11.6 Å². The van der Waals surface area contributed by atoms with Crippen LogP contribution in [0.5, 0.6) is 0 Å².